The van der Waals surface area contributed by atoms with Crippen LogP contribution in [0.2, 0.25) is 0 Å². The fourth-order valence-electron chi connectivity index (χ4n) is 1.56. The van der Waals surface area contributed by atoms with Crippen LogP contribution < -0.4 is 16.0 Å². The maximum atomic E-state index is 11.5. The average Bonchev–Trinajstić information content (AvgIpc) is 2.96. The van der Waals surface area contributed by atoms with Crippen molar-refractivity contribution in [1.29, 1.82) is 0 Å². The van der Waals surface area contributed by atoms with Crippen LogP contribution in [0.15, 0.2) is 29.5 Å². The predicted octanol–water partition coefficient (Wildman–Crippen LogP) is -0.584. The van der Waals surface area contributed by atoms with E-state index in [0.29, 0.717) is 19.1 Å². The molecule has 0 aliphatic rings. The predicted molar refractivity (Wildman–Crippen MR) is 78.7 cm³/mol. The lowest BCUT2D eigenvalue weighted by molar-refractivity contribution is -0.120. The second-order valence-electron chi connectivity index (χ2n) is 4.12. The average molecular weight is 281 g/mol. The molecule has 7 heteroatoms. The molecule has 0 aromatic carbocycles. The summed E-state index contributed by atoms with van der Waals surface area (Å²) in [5.41, 5.74) is 0. The highest BCUT2D eigenvalue weighted by Gasteiger charge is 2.02. The van der Waals surface area contributed by atoms with Crippen LogP contribution in [0.3, 0.4) is 0 Å². The van der Waals surface area contributed by atoms with Crippen molar-refractivity contribution in [3.05, 3.63) is 24.5 Å². The van der Waals surface area contributed by atoms with E-state index in [4.69, 9.17) is 4.74 Å². The molecule has 0 aliphatic carbocycles. The first-order valence-electron chi connectivity index (χ1n) is 6.57. The fourth-order valence-corrected chi connectivity index (χ4v) is 1.56. The fraction of sp³-hybridized carbons (Fsp3) is 0.538. The summed E-state index contributed by atoms with van der Waals surface area (Å²) < 4.78 is 6.92. The van der Waals surface area contributed by atoms with Gasteiger partial charge in [-0.3, -0.25) is 9.79 Å². The van der Waals surface area contributed by atoms with E-state index in [-0.39, 0.29) is 12.5 Å². The topological polar surface area (TPSA) is 79.7 Å². The van der Waals surface area contributed by atoms with Crippen LogP contribution in [0, 0.1) is 0 Å². The van der Waals surface area contributed by atoms with Gasteiger partial charge in [0.05, 0.1) is 13.2 Å². The molecule has 0 radical (unpaired) electrons. The van der Waals surface area contributed by atoms with Crippen molar-refractivity contribution in [3.63, 3.8) is 0 Å². The minimum atomic E-state index is -0.0876. The van der Waals surface area contributed by atoms with Crippen molar-refractivity contribution in [2.24, 2.45) is 4.99 Å². The number of hydrogen-bond donors (Lipinski definition) is 3. The quantitative estimate of drug-likeness (QED) is 0.338. The number of amides is 1. The number of rotatable bonds is 8. The highest BCUT2D eigenvalue weighted by molar-refractivity contribution is 5.86. The Morgan fingerprint density at radius 1 is 1.20 bits per heavy atom. The van der Waals surface area contributed by atoms with Gasteiger partial charge in [-0.25, -0.2) is 0 Å². The number of hydrogen-bond acceptors (Lipinski definition) is 3. The number of nitrogens with zero attached hydrogens (tertiary/aromatic N) is 2. The molecule has 0 bridgehead atoms. The summed E-state index contributed by atoms with van der Waals surface area (Å²) in [6, 6.07) is 3.97. The molecule has 3 N–H and O–H groups in total. The van der Waals surface area contributed by atoms with E-state index in [9.17, 15) is 4.79 Å². The summed E-state index contributed by atoms with van der Waals surface area (Å²) in [6.07, 6.45) is 4.00. The van der Waals surface area contributed by atoms with Gasteiger partial charge in [-0.05, 0) is 12.1 Å². The van der Waals surface area contributed by atoms with Crippen LogP contribution in [0.4, 0.5) is 0 Å². The van der Waals surface area contributed by atoms with Crippen molar-refractivity contribution in [3.8, 4) is 0 Å². The lowest BCUT2D eigenvalue weighted by atomic mass is 10.5. The van der Waals surface area contributed by atoms with Crippen LogP contribution in [-0.4, -0.2) is 56.8 Å². The Morgan fingerprint density at radius 3 is 2.60 bits per heavy atom. The zero-order valence-electron chi connectivity index (χ0n) is 12.1. The van der Waals surface area contributed by atoms with Gasteiger partial charge in [-0.15, -0.1) is 0 Å². The number of ether oxygens (including phenoxy) is 1. The highest BCUT2D eigenvalue weighted by Crippen LogP contribution is 1.87. The third-order valence-electron chi connectivity index (χ3n) is 2.60. The van der Waals surface area contributed by atoms with E-state index in [0.717, 1.165) is 13.1 Å². The van der Waals surface area contributed by atoms with E-state index >= 15 is 0 Å². The number of aromatic nitrogens is 1. The van der Waals surface area contributed by atoms with Gasteiger partial charge in [-0.2, -0.15) is 0 Å². The Bertz CT molecular complexity index is 403. The third-order valence-corrected chi connectivity index (χ3v) is 2.60. The Hall–Kier alpha value is -2.02. The SMILES string of the molecule is CN=C(NCCn1cccc1)NCC(=O)NCCOC. The Labute approximate surface area is 119 Å². The molecule has 1 aromatic heterocycles. The van der Waals surface area contributed by atoms with Crippen LogP contribution in [-0.2, 0) is 16.1 Å². The zero-order chi connectivity index (χ0) is 14.6. The largest absolute Gasteiger partial charge is 0.383 e. The maximum absolute atomic E-state index is 11.5. The second-order valence-corrected chi connectivity index (χ2v) is 4.12. The molecule has 0 fully saturated rings. The minimum absolute atomic E-state index is 0.0876. The molecule has 0 saturated heterocycles. The molecule has 0 saturated carbocycles. The molecule has 20 heavy (non-hydrogen) atoms. The number of aliphatic imine (C=N–C) groups is 1. The van der Waals surface area contributed by atoms with Gasteiger partial charge in [0.2, 0.25) is 5.91 Å². The van der Waals surface area contributed by atoms with E-state index in [2.05, 4.69) is 25.5 Å². The van der Waals surface area contributed by atoms with Crippen LogP contribution >= 0.6 is 0 Å². The number of methoxy groups -OCH3 is 1. The molecule has 1 rings (SSSR count). The number of guanidine groups is 1. The van der Waals surface area contributed by atoms with Gasteiger partial charge in [0.15, 0.2) is 5.96 Å². The summed E-state index contributed by atoms with van der Waals surface area (Å²) in [6.45, 7) is 2.78. The smallest absolute Gasteiger partial charge is 0.239 e. The molecule has 1 aromatic rings. The van der Waals surface area contributed by atoms with Gasteiger partial charge in [0.1, 0.15) is 0 Å². The second kappa shape index (κ2) is 9.85. The van der Waals surface area contributed by atoms with E-state index in [1.54, 1.807) is 14.2 Å². The Balaban J connectivity index is 2.14. The molecule has 112 valence electrons. The summed E-state index contributed by atoms with van der Waals surface area (Å²) in [5.74, 6) is 0.523. The number of nitrogens with one attached hydrogen (secondary N) is 3. The van der Waals surface area contributed by atoms with Crippen LogP contribution in [0.5, 0.6) is 0 Å². The summed E-state index contributed by atoms with van der Waals surface area (Å²) in [5, 5.41) is 8.82. The van der Waals surface area contributed by atoms with Crippen molar-refractivity contribution >= 4 is 11.9 Å². The van der Waals surface area contributed by atoms with Gasteiger partial charge >= 0.3 is 0 Å². The van der Waals surface area contributed by atoms with E-state index in [1.165, 1.54) is 0 Å². The minimum Gasteiger partial charge on any atom is -0.383 e. The third kappa shape index (κ3) is 6.79. The summed E-state index contributed by atoms with van der Waals surface area (Å²) >= 11 is 0. The normalized spacial score (nSPS) is 11.2. The molecule has 1 heterocycles. The van der Waals surface area contributed by atoms with Crippen LogP contribution in [0.1, 0.15) is 0 Å². The molecule has 7 nitrogen and oxygen atoms in total. The Kier molecular flexibility index (Phi) is 7.90. The number of carbonyl (C=O) groups excluding carboxylic acids is 1. The Morgan fingerprint density at radius 2 is 1.95 bits per heavy atom. The maximum Gasteiger partial charge on any atom is 0.239 e. The van der Waals surface area contributed by atoms with Crippen LogP contribution in [0.25, 0.3) is 0 Å². The first-order valence-corrected chi connectivity index (χ1v) is 6.57. The van der Waals surface area contributed by atoms with Gasteiger partial charge in [-0.1, -0.05) is 0 Å². The summed E-state index contributed by atoms with van der Waals surface area (Å²) in [4.78, 5) is 15.5. The lowest BCUT2D eigenvalue weighted by Crippen LogP contribution is -2.44. The molecule has 0 atom stereocenters. The van der Waals surface area contributed by atoms with Crippen molar-refractivity contribution in [1.82, 2.24) is 20.5 Å². The number of carbonyl (C=O) groups is 1. The molecule has 0 aliphatic heterocycles. The lowest BCUT2D eigenvalue weighted by Gasteiger charge is -2.12. The molecular weight excluding hydrogens is 258 g/mol. The van der Waals surface area contributed by atoms with Gasteiger partial charge < -0.3 is 25.3 Å². The zero-order valence-corrected chi connectivity index (χ0v) is 12.1. The van der Waals surface area contributed by atoms with Crippen molar-refractivity contribution in [2.75, 3.05) is 40.4 Å². The van der Waals surface area contributed by atoms with E-state index in [1.807, 2.05) is 24.5 Å². The monoisotopic (exact) mass is 281 g/mol. The van der Waals surface area contributed by atoms with Gasteiger partial charge in [0.25, 0.3) is 0 Å². The highest BCUT2D eigenvalue weighted by atomic mass is 16.5. The molecular formula is C13H23N5O2. The van der Waals surface area contributed by atoms with E-state index < -0.39 is 0 Å². The first kappa shape index (κ1) is 16.0. The first-order chi connectivity index (χ1) is 9.76. The van der Waals surface area contributed by atoms with Gasteiger partial charge in [0, 0.05) is 46.2 Å². The summed E-state index contributed by atoms with van der Waals surface area (Å²) in [7, 11) is 3.27. The molecule has 0 unspecified atom stereocenters. The van der Waals surface area contributed by atoms with Crippen molar-refractivity contribution < 1.29 is 9.53 Å². The molecule has 1 amide bonds. The standard InChI is InChI=1S/C13H23N5O2/c1-14-13(16-5-9-18-7-3-4-8-18)17-11-12(19)15-6-10-20-2/h3-4,7-8H,5-6,9-11H2,1-2H3,(H,15,19)(H2,14,16,17). The molecule has 0 spiro atoms. The van der Waals surface area contributed by atoms with Crippen molar-refractivity contribution in [2.45, 2.75) is 6.54 Å².